The minimum atomic E-state index is -0.561. The highest BCUT2D eigenvalue weighted by molar-refractivity contribution is 6.08. The third-order valence-corrected chi connectivity index (χ3v) is 12.5. The van der Waals surface area contributed by atoms with Gasteiger partial charge >= 0.3 is 0 Å². The quantitative estimate of drug-likeness (QED) is 0.161. The van der Waals surface area contributed by atoms with Crippen molar-refractivity contribution in [1.29, 1.82) is 0 Å². The third kappa shape index (κ3) is 4.70. The maximum Gasteiger partial charge on any atom is 0.135 e. The predicted molar refractivity (Wildman–Crippen MR) is 237 cm³/mol. The van der Waals surface area contributed by atoms with Crippen LogP contribution in [0.25, 0.3) is 77.5 Å². The van der Waals surface area contributed by atoms with Gasteiger partial charge in [0.25, 0.3) is 0 Å². The number of furan rings is 1. The molecule has 0 saturated heterocycles. The summed E-state index contributed by atoms with van der Waals surface area (Å²) in [5, 5.41) is 6.15. The van der Waals surface area contributed by atoms with Crippen molar-refractivity contribution in [3.63, 3.8) is 0 Å². The first-order chi connectivity index (χ1) is 28.3. The SMILES string of the molecule is C(=C(\Cc1ccccc1-c1cccc2c1-c1c(oc3ccccc13)C21c2ccccc2-c2ccccc21)c1ccc2ccccc2c1)/c1ccc2ccccc2c1. The summed E-state index contributed by atoms with van der Waals surface area (Å²) >= 11 is 0. The normalized spacial score (nSPS) is 13.6. The molecular formula is C56H36O. The molecule has 0 radical (unpaired) electrons. The molecule has 10 aromatic rings. The maximum absolute atomic E-state index is 7.11. The molecule has 0 saturated carbocycles. The molecular weight excluding hydrogens is 689 g/mol. The zero-order valence-corrected chi connectivity index (χ0v) is 31.2. The van der Waals surface area contributed by atoms with Crippen LogP contribution in [0, 0.1) is 0 Å². The molecule has 2 aliphatic rings. The highest BCUT2D eigenvalue weighted by Crippen LogP contribution is 2.65. The molecule has 1 heteroatoms. The lowest BCUT2D eigenvalue weighted by molar-refractivity contribution is 0.507. The van der Waals surface area contributed by atoms with Crippen LogP contribution in [0.3, 0.4) is 0 Å². The van der Waals surface area contributed by atoms with Crippen molar-refractivity contribution in [2.75, 3.05) is 0 Å². The molecule has 1 nitrogen and oxygen atoms in total. The summed E-state index contributed by atoms with van der Waals surface area (Å²) in [7, 11) is 0. The van der Waals surface area contributed by atoms with Gasteiger partial charge < -0.3 is 4.42 Å². The molecule has 1 heterocycles. The van der Waals surface area contributed by atoms with E-state index in [-0.39, 0.29) is 0 Å². The molecule has 9 aromatic carbocycles. The molecule has 0 aliphatic heterocycles. The van der Waals surface area contributed by atoms with Gasteiger partial charge in [-0.2, -0.15) is 0 Å². The van der Waals surface area contributed by atoms with Crippen LogP contribution in [0.15, 0.2) is 205 Å². The molecule has 0 N–H and O–H groups in total. The fraction of sp³-hybridized carbons (Fsp3) is 0.0357. The lowest BCUT2D eigenvalue weighted by Gasteiger charge is -2.28. The second-order valence-corrected chi connectivity index (χ2v) is 15.5. The number of allylic oxidation sites excluding steroid dienone is 1. The lowest BCUT2D eigenvalue weighted by atomic mass is 9.72. The first-order valence-electron chi connectivity index (χ1n) is 19.9. The van der Waals surface area contributed by atoms with Gasteiger partial charge in [0.1, 0.15) is 16.8 Å². The summed E-state index contributed by atoms with van der Waals surface area (Å²) in [5.74, 6) is 1.02. The van der Waals surface area contributed by atoms with E-state index in [0.29, 0.717) is 0 Å². The molecule has 0 amide bonds. The van der Waals surface area contributed by atoms with Crippen LogP contribution in [0.2, 0.25) is 0 Å². The Kier molecular flexibility index (Phi) is 6.97. The van der Waals surface area contributed by atoms with Crippen LogP contribution in [-0.4, -0.2) is 0 Å². The van der Waals surface area contributed by atoms with Crippen molar-refractivity contribution in [2.24, 2.45) is 0 Å². The Morgan fingerprint density at radius 1 is 0.439 bits per heavy atom. The Bertz CT molecular complexity index is 3240. The second-order valence-electron chi connectivity index (χ2n) is 15.5. The van der Waals surface area contributed by atoms with Crippen molar-refractivity contribution in [2.45, 2.75) is 11.8 Å². The van der Waals surface area contributed by atoms with Crippen LogP contribution in [0.4, 0.5) is 0 Å². The predicted octanol–water partition coefficient (Wildman–Crippen LogP) is 14.5. The Hall–Kier alpha value is -7.22. The van der Waals surface area contributed by atoms with E-state index in [0.717, 1.165) is 23.2 Å². The smallest absolute Gasteiger partial charge is 0.135 e. The van der Waals surface area contributed by atoms with Crippen LogP contribution in [0.1, 0.15) is 39.1 Å². The van der Waals surface area contributed by atoms with Gasteiger partial charge in [0, 0.05) is 10.9 Å². The Morgan fingerprint density at radius 2 is 1.02 bits per heavy atom. The van der Waals surface area contributed by atoms with E-state index >= 15 is 0 Å². The number of fused-ring (bicyclic) bond motifs is 14. The summed E-state index contributed by atoms with van der Waals surface area (Å²) in [6, 6.07) is 73.4. The van der Waals surface area contributed by atoms with E-state index in [1.54, 1.807) is 0 Å². The number of rotatable bonds is 5. The molecule has 0 bridgehead atoms. The first-order valence-corrected chi connectivity index (χ1v) is 19.9. The van der Waals surface area contributed by atoms with Gasteiger partial charge in [-0.3, -0.25) is 0 Å². The largest absolute Gasteiger partial charge is 0.459 e. The summed E-state index contributed by atoms with van der Waals surface area (Å²) in [5.41, 5.74) is 16.7. The Labute approximate surface area is 331 Å². The molecule has 0 atom stereocenters. The summed E-state index contributed by atoms with van der Waals surface area (Å²) in [4.78, 5) is 0. The van der Waals surface area contributed by atoms with Crippen LogP contribution < -0.4 is 0 Å². The lowest BCUT2D eigenvalue weighted by Crippen LogP contribution is -2.25. The maximum atomic E-state index is 7.11. The number of para-hydroxylation sites is 1. The van der Waals surface area contributed by atoms with Gasteiger partial charge in [-0.25, -0.2) is 0 Å². The van der Waals surface area contributed by atoms with Crippen molar-refractivity contribution in [1.82, 2.24) is 0 Å². The highest BCUT2D eigenvalue weighted by Gasteiger charge is 2.55. The van der Waals surface area contributed by atoms with Gasteiger partial charge in [-0.05, 0) is 113 Å². The van der Waals surface area contributed by atoms with Crippen molar-refractivity contribution >= 4 is 44.2 Å². The molecule has 12 rings (SSSR count). The average molecular weight is 725 g/mol. The van der Waals surface area contributed by atoms with E-state index in [2.05, 4.69) is 206 Å². The number of hydrogen-bond acceptors (Lipinski definition) is 1. The highest BCUT2D eigenvalue weighted by atomic mass is 16.3. The summed E-state index contributed by atoms with van der Waals surface area (Å²) in [6.07, 6.45) is 3.16. The average Bonchev–Trinajstić information content (AvgIpc) is 3.90. The fourth-order valence-electron chi connectivity index (χ4n) is 10.1. The van der Waals surface area contributed by atoms with Gasteiger partial charge in [0.2, 0.25) is 0 Å². The third-order valence-electron chi connectivity index (χ3n) is 12.5. The van der Waals surface area contributed by atoms with Crippen molar-refractivity contribution < 1.29 is 4.42 Å². The van der Waals surface area contributed by atoms with E-state index in [9.17, 15) is 0 Å². The second kappa shape index (κ2) is 12.4. The van der Waals surface area contributed by atoms with E-state index in [1.165, 1.54) is 93.9 Å². The van der Waals surface area contributed by atoms with Gasteiger partial charge in [0.05, 0.1) is 0 Å². The van der Waals surface area contributed by atoms with Crippen molar-refractivity contribution in [3.05, 3.63) is 239 Å². The van der Waals surface area contributed by atoms with E-state index in [1.807, 2.05) is 0 Å². The van der Waals surface area contributed by atoms with E-state index < -0.39 is 5.41 Å². The van der Waals surface area contributed by atoms with Gasteiger partial charge in [0.15, 0.2) is 0 Å². The Morgan fingerprint density at radius 3 is 1.79 bits per heavy atom. The molecule has 1 spiro atoms. The van der Waals surface area contributed by atoms with Gasteiger partial charge in [-0.1, -0.05) is 188 Å². The van der Waals surface area contributed by atoms with E-state index in [4.69, 9.17) is 4.42 Å². The summed E-state index contributed by atoms with van der Waals surface area (Å²) in [6.45, 7) is 0. The van der Waals surface area contributed by atoms with Crippen LogP contribution in [-0.2, 0) is 11.8 Å². The molecule has 2 aliphatic carbocycles. The first kappa shape index (κ1) is 32.1. The topological polar surface area (TPSA) is 13.1 Å². The van der Waals surface area contributed by atoms with Crippen LogP contribution in [0.5, 0.6) is 0 Å². The minimum absolute atomic E-state index is 0.561. The Balaban J connectivity index is 1.09. The molecule has 0 fully saturated rings. The molecule has 266 valence electrons. The minimum Gasteiger partial charge on any atom is -0.459 e. The fourth-order valence-corrected chi connectivity index (χ4v) is 10.1. The monoisotopic (exact) mass is 724 g/mol. The zero-order valence-electron chi connectivity index (χ0n) is 31.2. The standard InChI is InChI=1S/C56H36O/c1-3-16-39-32-36(28-29-37(39)14-1)33-43(41-31-30-38-15-2-4-17-40(38)34-41)35-42-18-5-6-19-44(42)47-23-13-26-51-53(47)54-48-22-9-12-27-52(48)57-55(54)56(51)49-24-10-7-20-45(49)46-21-8-11-25-50(46)56/h1-34H,35H2/b43-33-. The molecule has 57 heavy (non-hydrogen) atoms. The van der Waals surface area contributed by atoms with Crippen molar-refractivity contribution in [3.8, 4) is 33.4 Å². The molecule has 1 aromatic heterocycles. The summed E-state index contributed by atoms with van der Waals surface area (Å²) < 4.78 is 7.11. The zero-order chi connectivity index (χ0) is 37.5. The number of hydrogen-bond donors (Lipinski definition) is 0. The number of benzene rings is 9. The molecule has 0 unspecified atom stereocenters. The van der Waals surface area contributed by atoms with Gasteiger partial charge in [-0.15, -0.1) is 0 Å². The van der Waals surface area contributed by atoms with Crippen LogP contribution >= 0.6 is 0 Å².